The molecule has 0 spiro atoms. The van der Waals surface area contributed by atoms with E-state index in [1.165, 1.54) is 6.07 Å². The molecule has 0 atom stereocenters. The van der Waals surface area contributed by atoms with Crippen molar-refractivity contribution in [3.05, 3.63) is 52.8 Å². The summed E-state index contributed by atoms with van der Waals surface area (Å²) in [6.07, 6.45) is 2.22. The summed E-state index contributed by atoms with van der Waals surface area (Å²) in [4.78, 5) is 4.31. The average molecular weight is 356 g/mol. The maximum absolute atomic E-state index is 12.2. The average Bonchev–Trinajstić information content (AvgIpc) is 2.39. The first-order valence-electron chi connectivity index (χ1n) is 5.93. The molecular weight excluding hydrogens is 342 g/mol. The van der Waals surface area contributed by atoms with Crippen molar-refractivity contribution < 1.29 is 8.42 Å². The van der Waals surface area contributed by atoms with Gasteiger partial charge in [0.25, 0.3) is 0 Å². The Morgan fingerprint density at radius 3 is 2.70 bits per heavy atom. The van der Waals surface area contributed by atoms with Crippen LogP contribution in [0.3, 0.4) is 0 Å². The van der Waals surface area contributed by atoms with Crippen LogP contribution in [-0.2, 0) is 16.4 Å². The molecule has 0 fully saturated rings. The van der Waals surface area contributed by atoms with Crippen molar-refractivity contribution in [1.29, 1.82) is 0 Å². The van der Waals surface area contributed by atoms with Crippen LogP contribution in [0.25, 0.3) is 0 Å². The maximum Gasteiger partial charge on any atom is 0.241 e. The third-order valence-electron chi connectivity index (χ3n) is 2.64. The quantitative estimate of drug-likeness (QED) is 0.802. The zero-order valence-corrected chi connectivity index (χ0v) is 13.0. The number of halogens is 1. The van der Waals surface area contributed by atoms with Crippen LogP contribution in [-0.4, -0.2) is 19.9 Å². The number of benzene rings is 1. The van der Waals surface area contributed by atoms with Crippen LogP contribution in [0.4, 0.5) is 5.69 Å². The highest BCUT2D eigenvalue weighted by molar-refractivity contribution is 9.10. The van der Waals surface area contributed by atoms with Gasteiger partial charge in [-0.2, -0.15) is 0 Å². The van der Waals surface area contributed by atoms with Crippen LogP contribution in [0.2, 0.25) is 0 Å². The number of hydrogen-bond acceptors (Lipinski definition) is 4. The molecule has 0 aliphatic rings. The first kappa shape index (κ1) is 15.0. The molecule has 5 nitrogen and oxygen atoms in total. The van der Waals surface area contributed by atoms with Crippen LogP contribution < -0.4 is 10.5 Å². The Hall–Kier alpha value is -1.44. The van der Waals surface area contributed by atoms with E-state index < -0.39 is 10.0 Å². The van der Waals surface area contributed by atoms with E-state index in [1.807, 2.05) is 18.2 Å². The lowest BCUT2D eigenvalue weighted by Gasteiger charge is -2.08. The van der Waals surface area contributed by atoms with Gasteiger partial charge in [0, 0.05) is 35.0 Å². The number of rotatable bonds is 5. The predicted molar refractivity (Wildman–Crippen MR) is 81.7 cm³/mol. The number of anilines is 1. The standard InChI is InChI=1S/C13H14BrN3O2S/c14-12-9-10(15)4-5-13(12)20(18,19)17-8-6-11-3-1-2-7-16-11/h1-5,7,9,17H,6,8,15H2. The molecule has 3 N–H and O–H groups in total. The Balaban J connectivity index is 2.04. The highest BCUT2D eigenvalue weighted by Crippen LogP contribution is 2.23. The third kappa shape index (κ3) is 3.78. The Bertz CT molecular complexity index is 690. The van der Waals surface area contributed by atoms with Crippen molar-refractivity contribution in [3.8, 4) is 0 Å². The zero-order chi connectivity index (χ0) is 14.6. The molecular formula is C13H14BrN3O2S. The van der Waals surface area contributed by atoms with Crippen LogP contribution in [0, 0.1) is 0 Å². The Labute approximate surface area is 126 Å². The van der Waals surface area contributed by atoms with Gasteiger partial charge < -0.3 is 5.73 Å². The van der Waals surface area contributed by atoms with Gasteiger partial charge in [-0.05, 0) is 46.3 Å². The second-order valence-corrected chi connectivity index (χ2v) is 6.75. The van der Waals surface area contributed by atoms with Crippen molar-refractivity contribution in [2.24, 2.45) is 0 Å². The lowest BCUT2D eigenvalue weighted by Crippen LogP contribution is -2.26. The molecule has 0 saturated carbocycles. The molecule has 1 heterocycles. The molecule has 106 valence electrons. The van der Waals surface area contributed by atoms with Gasteiger partial charge in [0.1, 0.15) is 0 Å². The highest BCUT2D eigenvalue weighted by atomic mass is 79.9. The third-order valence-corrected chi connectivity index (χ3v) is 5.08. The predicted octanol–water partition coefficient (Wildman–Crippen LogP) is 1.95. The summed E-state index contributed by atoms with van der Waals surface area (Å²) in [6, 6.07) is 10.1. The molecule has 1 aromatic carbocycles. The van der Waals surface area contributed by atoms with Gasteiger partial charge in [0.05, 0.1) is 4.90 Å². The molecule has 0 bridgehead atoms. The smallest absolute Gasteiger partial charge is 0.241 e. The Morgan fingerprint density at radius 2 is 2.05 bits per heavy atom. The molecule has 0 radical (unpaired) electrons. The molecule has 20 heavy (non-hydrogen) atoms. The van der Waals surface area contributed by atoms with Gasteiger partial charge in [-0.15, -0.1) is 0 Å². The summed E-state index contributed by atoms with van der Waals surface area (Å²) >= 11 is 3.21. The second-order valence-electron chi connectivity index (χ2n) is 4.16. The van der Waals surface area contributed by atoms with E-state index in [0.717, 1.165) is 5.69 Å². The second kappa shape index (κ2) is 6.34. The van der Waals surface area contributed by atoms with Gasteiger partial charge in [-0.1, -0.05) is 6.07 Å². The molecule has 2 aromatic rings. The summed E-state index contributed by atoms with van der Waals surface area (Å²) in [5, 5.41) is 0. The SMILES string of the molecule is Nc1ccc(S(=O)(=O)NCCc2ccccn2)c(Br)c1. The number of pyridine rings is 1. The van der Waals surface area contributed by atoms with Crippen molar-refractivity contribution in [1.82, 2.24) is 9.71 Å². The van der Waals surface area contributed by atoms with Crippen molar-refractivity contribution >= 4 is 31.6 Å². The van der Waals surface area contributed by atoms with E-state index in [1.54, 1.807) is 18.3 Å². The number of nitrogens with zero attached hydrogens (tertiary/aromatic N) is 1. The largest absolute Gasteiger partial charge is 0.399 e. The van der Waals surface area contributed by atoms with Crippen LogP contribution in [0.1, 0.15) is 5.69 Å². The molecule has 0 unspecified atom stereocenters. The first-order chi connectivity index (χ1) is 9.49. The van der Waals surface area contributed by atoms with Crippen molar-refractivity contribution in [2.75, 3.05) is 12.3 Å². The lowest BCUT2D eigenvalue weighted by molar-refractivity contribution is 0.581. The molecule has 1 aromatic heterocycles. The van der Waals surface area contributed by atoms with Gasteiger partial charge in [-0.3, -0.25) is 4.98 Å². The number of nitrogen functional groups attached to an aromatic ring is 1. The van der Waals surface area contributed by atoms with E-state index in [9.17, 15) is 8.42 Å². The van der Waals surface area contributed by atoms with Crippen molar-refractivity contribution in [2.45, 2.75) is 11.3 Å². The normalized spacial score (nSPS) is 11.4. The Morgan fingerprint density at radius 1 is 1.25 bits per heavy atom. The number of nitrogens with one attached hydrogen (secondary N) is 1. The van der Waals surface area contributed by atoms with E-state index in [-0.39, 0.29) is 11.4 Å². The zero-order valence-electron chi connectivity index (χ0n) is 10.6. The Kier molecular flexibility index (Phi) is 4.74. The fourth-order valence-electron chi connectivity index (χ4n) is 1.67. The first-order valence-corrected chi connectivity index (χ1v) is 8.21. The van der Waals surface area contributed by atoms with Gasteiger partial charge in [-0.25, -0.2) is 13.1 Å². The molecule has 0 aliphatic carbocycles. The van der Waals surface area contributed by atoms with E-state index in [2.05, 4.69) is 25.6 Å². The number of sulfonamides is 1. The summed E-state index contributed by atoms with van der Waals surface area (Å²) in [5.74, 6) is 0. The monoisotopic (exact) mass is 355 g/mol. The molecule has 0 amide bonds. The number of nitrogens with two attached hydrogens (primary N) is 1. The van der Waals surface area contributed by atoms with Gasteiger partial charge in [0.2, 0.25) is 10.0 Å². The summed E-state index contributed by atoms with van der Waals surface area (Å²) in [6.45, 7) is 0.288. The van der Waals surface area contributed by atoms with Crippen LogP contribution in [0.5, 0.6) is 0 Å². The highest BCUT2D eigenvalue weighted by Gasteiger charge is 2.17. The van der Waals surface area contributed by atoms with Crippen LogP contribution in [0.15, 0.2) is 52.0 Å². The number of aromatic nitrogens is 1. The van der Waals surface area contributed by atoms with Gasteiger partial charge >= 0.3 is 0 Å². The van der Waals surface area contributed by atoms with E-state index >= 15 is 0 Å². The molecule has 0 saturated heterocycles. The summed E-state index contributed by atoms with van der Waals surface area (Å²) in [5.41, 5.74) is 6.94. The topological polar surface area (TPSA) is 85.1 Å². The minimum atomic E-state index is -3.56. The minimum absolute atomic E-state index is 0.174. The van der Waals surface area contributed by atoms with E-state index in [0.29, 0.717) is 16.6 Å². The summed E-state index contributed by atoms with van der Waals surface area (Å²) < 4.78 is 27.3. The number of hydrogen-bond donors (Lipinski definition) is 2. The fourth-order valence-corrected chi connectivity index (χ4v) is 3.80. The fraction of sp³-hybridized carbons (Fsp3) is 0.154. The minimum Gasteiger partial charge on any atom is -0.399 e. The lowest BCUT2D eigenvalue weighted by atomic mass is 10.3. The summed E-state index contributed by atoms with van der Waals surface area (Å²) in [7, 11) is -3.56. The maximum atomic E-state index is 12.2. The van der Waals surface area contributed by atoms with Crippen molar-refractivity contribution in [3.63, 3.8) is 0 Å². The van der Waals surface area contributed by atoms with Crippen LogP contribution >= 0.6 is 15.9 Å². The molecule has 0 aliphatic heterocycles. The molecule has 7 heteroatoms. The van der Waals surface area contributed by atoms with Gasteiger partial charge in [0.15, 0.2) is 0 Å². The van der Waals surface area contributed by atoms with E-state index in [4.69, 9.17) is 5.73 Å². The molecule has 2 rings (SSSR count).